The predicted molar refractivity (Wildman–Crippen MR) is 82.2 cm³/mol. The van der Waals surface area contributed by atoms with Crippen LogP contribution in [-0.4, -0.2) is 44.8 Å². The van der Waals surface area contributed by atoms with Crippen LogP contribution < -0.4 is 9.46 Å². The number of benzene rings is 1. The van der Waals surface area contributed by atoms with Crippen molar-refractivity contribution in [2.75, 3.05) is 25.7 Å². The van der Waals surface area contributed by atoms with Crippen LogP contribution in [0.2, 0.25) is 5.02 Å². The predicted octanol–water partition coefficient (Wildman–Crippen LogP) is 1.74. The standard InChI is InChI=1S/C12H18ClNO4S2/c1-12(15,8-19-3)7-14-20(16,17)11-6-9(13)4-5-10(11)18-2/h4-6,14-15H,7-8H2,1-3H3. The Bertz CT molecular complexity index is 561. The molecule has 0 spiro atoms. The van der Waals surface area contributed by atoms with Gasteiger partial charge in [0.1, 0.15) is 10.6 Å². The van der Waals surface area contributed by atoms with Crippen molar-refractivity contribution < 1.29 is 18.3 Å². The molecule has 1 aromatic rings. The van der Waals surface area contributed by atoms with Crippen molar-refractivity contribution in [1.29, 1.82) is 0 Å². The van der Waals surface area contributed by atoms with Crippen molar-refractivity contribution in [3.63, 3.8) is 0 Å². The van der Waals surface area contributed by atoms with E-state index in [0.717, 1.165) is 0 Å². The normalized spacial score (nSPS) is 14.8. The van der Waals surface area contributed by atoms with Crippen molar-refractivity contribution in [3.05, 3.63) is 23.2 Å². The minimum Gasteiger partial charge on any atom is -0.495 e. The zero-order valence-corrected chi connectivity index (χ0v) is 13.9. The van der Waals surface area contributed by atoms with Gasteiger partial charge in [-0.05, 0) is 31.4 Å². The lowest BCUT2D eigenvalue weighted by atomic mass is 10.1. The monoisotopic (exact) mass is 339 g/mol. The summed E-state index contributed by atoms with van der Waals surface area (Å²) in [6.07, 6.45) is 1.84. The largest absolute Gasteiger partial charge is 0.495 e. The van der Waals surface area contributed by atoms with E-state index in [-0.39, 0.29) is 17.2 Å². The van der Waals surface area contributed by atoms with E-state index in [9.17, 15) is 13.5 Å². The Kier molecular flexibility index (Phi) is 6.15. The number of ether oxygens (including phenoxy) is 1. The van der Waals surface area contributed by atoms with Gasteiger partial charge >= 0.3 is 0 Å². The number of nitrogens with one attached hydrogen (secondary N) is 1. The third kappa shape index (κ3) is 4.82. The van der Waals surface area contributed by atoms with Crippen molar-refractivity contribution in [2.24, 2.45) is 0 Å². The van der Waals surface area contributed by atoms with Crippen LogP contribution in [0.1, 0.15) is 6.92 Å². The maximum Gasteiger partial charge on any atom is 0.244 e. The molecule has 1 rings (SSSR count). The Labute approximate surface area is 128 Å². The van der Waals surface area contributed by atoms with Crippen molar-refractivity contribution in [3.8, 4) is 5.75 Å². The van der Waals surface area contributed by atoms with Crippen LogP contribution in [0.3, 0.4) is 0 Å². The molecule has 0 bridgehead atoms. The fraction of sp³-hybridized carbons (Fsp3) is 0.500. The fourth-order valence-electron chi connectivity index (χ4n) is 1.55. The van der Waals surface area contributed by atoms with Gasteiger partial charge in [0.05, 0.1) is 12.7 Å². The molecular weight excluding hydrogens is 322 g/mol. The minimum absolute atomic E-state index is 0.0487. The number of hydrogen-bond acceptors (Lipinski definition) is 5. The molecule has 1 unspecified atom stereocenters. The molecule has 0 radical (unpaired) electrons. The SMILES string of the molecule is COc1ccc(Cl)cc1S(=O)(=O)NCC(C)(O)CSC. The van der Waals surface area contributed by atoms with E-state index in [4.69, 9.17) is 16.3 Å². The van der Waals surface area contributed by atoms with E-state index in [1.165, 1.54) is 31.0 Å². The number of rotatable bonds is 7. The fourth-order valence-corrected chi connectivity index (χ4v) is 3.87. The van der Waals surface area contributed by atoms with E-state index >= 15 is 0 Å². The topological polar surface area (TPSA) is 75.6 Å². The zero-order valence-electron chi connectivity index (χ0n) is 11.5. The number of methoxy groups -OCH3 is 1. The van der Waals surface area contributed by atoms with Gasteiger partial charge in [-0.15, -0.1) is 0 Å². The second kappa shape index (κ2) is 7.00. The summed E-state index contributed by atoms with van der Waals surface area (Å²) in [6, 6.07) is 4.34. The van der Waals surface area contributed by atoms with Crippen LogP contribution in [0.4, 0.5) is 0 Å². The van der Waals surface area contributed by atoms with Crippen LogP contribution in [-0.2, 0) is 10.0 Å². The summed E-state index contributed by atoms with van der Waals surface area (Å²) in [5.41, 5.74) is -1.13. The Balaban J connectivity index is 2.97. The van der Waals surface area contributed by atoms with Crippen molar-refractivity contribution in [1.82, 2.24) is 4.72 Å². The number of aliphatic hydroxyl groups is 1. The molecule has 8 heteroatoms. The van der Waals surface area contributed by atoms with Crippen LogP contribution in [0.25, 0.3) is 0 Å². The van der Waals surface area contributed by atoms with Gasteiger partial charge in [-0.2, -0.15) is 11.8 Å². The molecular formula is C12H18ClNO4S2. The molecule has 20 heavy (non-hydrogen) atoms. The molecule has 0 aliphatic carbocycles. The van der Waals surface area contributed by atoms with E-state index in [1.54, 1.807) is 13.0 Å². The molecule has 1 aromatic carbocycles. The van der Waals surface area contributed by atoms with E-state index < -0.39 is 15.6 Å². The summed E-state index contributed by atoms with van der Waals surface area (Å²) in [7, 11) is -2.42. The third-order valence-corrected chi connectivity index (χ3v) is 5.08. The average molecular weight is 340 g/mol. The number of thioether (sulfide) groups is 1. The Hall–Kier alpha value is -0.470. The second-order valence-electron chi connectivity index (χ2n) is 4.55. The van der Waals surface area contributed by atoms with Gasteiger partial charge < -0.3 is 9.84 Å². The first-order valence-corrected chi connectivity index (χ1v) is 9.02. The van der Waals surface area contributed by atoms with Crippen LogP contribution in [0.5, 0.6) is 5.75 Å². The third-order valence-electron chi connectivity index (χ3n) is 2.51. The van der Waals surface area contributed by atoms with Crippen LogP contribution in [0, 0.1) is 0 Å². The molecule has 0 saturated heterocycles. The van der Waals surface area contributed by atoms with Gasteiger partial charge in [0.15, 0.2) is 0 Å². The highest BCUT2D eigenvalue weighted by Gasteiger charge is 2.25. The molecule has 0 aliphatic rings. The lowest BCUT2D eigenvalue weighted by molar-refractivity contribution is 0.0908. The minimum atomic E-state index is -3.81. The molecule has 2 N–H and O–H groups in total. The average Bonchev–Trinajstić information content (AvgIpc) is 2.37. The van der Waals surface area contributed by atoms with Crippen molar-refractivity contribution >= 4 is 33.4 Å². The maximum atomic E-state index is 12.2. The lowest BCUT2D eigenvalue weighted by Crippen LogP contribution is -2.42. The smallest absolute Gasteiger partial charge is 0.244 e. The van der Waals surface area contributed by atoms with Gasteiger partial charge in [-0.25, -0.2) is 13.1 Å². The number of sulfonamides is 1. The van der Waals surface area contributed by atoms with Crippen LogP contribution >= 0.6 is 23.4 Å². The first-order valence-electron chi connectivity index (χ1n) is 5.76. The molecule has 0 saturated carbocycles. The molecule has 5 nitrogen and oxygen atoms in total. The van der Waals surface area contributed by atoms with Gasteiger partial charge in [0.25, 0.3) is 0 Å². The van der Waals surface area contributed by atoms with Gasteiger partial charge in [0.2, 0.25) is 10.0 Å². The quantitative estimate of drug-likeness (QED) is 0.791. The Morgan fingerprint density at radius 2 is 2.15 bits per heavy atom. The zero-order chi connectivity index (χ0) is 15.4. The Morgan fingerprint density at radius 1 is 1.50 bits per heavy atom. The summed E-state index contributed by atoms with van der Waals surface area (Å²) >= 11 is 7.25. The molecule has 0 heterocycles. The Morgan fingerprint density at radius 3 is 2.70 bits per heavy atom. The summed E-state index contributed by atoms with van der Waals surface area (Å²) in [4.78, 5) is -0.0487. The molecule has 0 fully saturated rings. The number of hydrogen-bond donors (Lipinski definition) is 2. The second-order valence-corrected chi connectivity index (χ2v) is 7.59. The first kappa shape index (κ1) is 17.6. The maximum absolute atomic E-state index is 12.2. The molecule has 0 aliphatic heterocycles. The van der Waals surface area contributed by atoms with Gasteiger partial charge in [-0.1, -0.05) is 11.6 Å². The highest BCUT2D eigenvalue weighted by molar-refractivity contribution is 7.98. The highest BCUT2D eigenvalue weighted by atomic mass is 35.5. The van der Waals surface area contributed by atoms with Gasteiger partial charge in [-0.3, -0.25) is 0 Å². The first-order chi connectivity index (χ1) is 9.22. The molecule has 0 aromatic heterocycles. The number of halogens is 1. The molecule has 114 valence electrons. The van der Waals surface area contributed by atoms with Crippen molar-refractivity contribution in [2.45, 2.75) is 17.4 Å². The summed E-state index contributed by atoms with van der Waals surface area (Å²) in [5.74, 6) is 0.619. The lowest BCUT2D eigenvalue weighted by Gasteiger charge is -2.22. The van der Waals surface area contributed by atoms with E-state index in [2.05, 4.69) is 4.72 Å². The molecule has 0 amide bonds. The van der Waals surface area contributed by atoms with E-state index in [1.807, 2.05) is 6.26 Å². The van der Waals surface area contributed by atoms with Gasteiger partial charge in [0, 0.05) is 17.3 Å². The summed E-state index contributed by atoms with van der Waals surface area (Å²) in [6.45, 7) is 1.48. The van der Waals surface area contributed by atoms with Crippen LogP contribution in [0.15, 0.2) is 23.1 Å². The summed E-state index contributed by atoms with van der Waals surface area (Å²) in [5, 5.41) is 10.3. The molecule has 1 atom stereocenters. The highest BCUT2D eigenvalue weighted by Crippen LogP contribution is 2.27. The van der Waals surface area contributed by atoms with E-state index in [0.29, 0.717) is 10.8 Å². The summed E-state index contributed by atoms with van der Waals surface area (Å²) < 4.78 is 31.9.